The van der Waals surface area contributed by atoms with E-state index >= 15 is 0 Å². The number of amides is 2. The number of rotatable bonds is 4. The minimum absolute atomic E-state index is 0.138. The first-order valence-electron chi connectivity index (χ1n) is 7.37. The molecule has 2 heterocycles. The van der Waals surface area contributed by atoms with Crippen molar-refractivity contribution in [2.45, 2.75) is 32.7 Å². The third-order valence-electron chi connectivity index (χ3n) is 3.61. The maximum absolute atomic E-state index is 12.1. The number of carbonyl (C=O) groups excluding carboxylic acids is 3. The van der Waals surface area contributed by atoms with Gasteiger partial charge in [-0.3, -0.25) is 4.79 Å². The van der Waals surface area contributed by atoms with Gasteiger partial charge in [-0.25, -0.2) is 9.59 Å². The predicted octanol–water partition coefficient (Wildman–Crippen LogP) is 2.40. The second-order valence-electron chi connectivity index (χ2n) is 5.14. The average Bonchev–Trinajstić information content (AvgIpc) is 2.90. The molecular formula is C15H20N2O5S. The Bertz CT molecular complexity index is 626. The number of anilines is 1. The van der Waals surface area contributed by atoms with Crippen molar-refractivity contribution >= 4 is 34.3 Å². The summed E-state index contributed by atoms with van der Waals surface area (Å²) < 4.78 is 9.59. The first-order chi connectivity index (χ1) is 11.0. The van der Waals surface area contributed by atoms with Crippen LogP contribution in [0.4, 0.5) is 9.80 Å². The summed E-state index contributed by atoms with van der Waals surface area (Å²) in [5.74, 6) is -0.609. The summed E-state index contributed by atoms with van der Waals surface area (Å²) in [6, 6.07) is 0. The molecule has 0 spiro atoms. The molecule has 0 saturated carbocycles. The largest absolute Gasteiger partial charge is 0.465 e. The molecule has 1 aliphatic heterocycles. The van der Waals surface area contributed by atoms with Crippen LogP contribution < -0.4 is 5.32 Å². The number of hydrogen-bond acceptors (Lipinski definition) is 6. The number of thiophene rings is 1. The van der Waals surface area contributed by atoms with Crippen LogP contribution in [-0.2, 0) is 27.2 Å². The van der Waals surface area contributed by atoms with Crippen molar-refractivity contribution in [3.8, 4) is 0 Å². The maximum Gasteiger partial charge on any atom is 0.409 e. The zero-order chi connectivity index (χ0) is 17.0. The molecule has 7 nitrogen and oxygen atoms in total. The Morgan fingerprint density at radius 2 is 2.00 bits per heavy atom. The Hall–Kier alpha value is -2.09. The summed E-state index contributed by atoms with van der Waals surface area (Å²) in [4.78, 5) is 38.1. The van der Waals surface area contributed by atoms with E-state index in [2.05, 4.69) is 5.32 Å². The summed E-state index contributed by atoms with van der Waals surface area (Å²) >= 11 is 1.31. The highest BCUT2D eigenvalue weighted by atomic mass is 32.1. The van der Waals surface area contributed by atoms with Gasteiger partial charge in [-0.15, -0.1) is 11.3 Å². The van der Waals surface area contributed by atoms with Crippen LogP contribution >= 0.6 is 11.3 Å². The van der Waals surface area contributed by atoms with E-state index in [0.717, 1.165) is 16.9 Å². The lowest BCUT2D eigenvalue weighted by Crippen LogP contribution is -2.35. The molecule has 0 unspecified atom stereocenters. The molecule has 1 aliphatic rings. The van der Waals surface area contributed by atoms with Crippen LogP contribution in [0.3, 0.4) is 0 Å². The third kappa shape index (κ3) is 3.64. The number of methoxy groups -OCH3 is 2. The zero-order valence-corrected chi connectivity index (χ0v) is 14.2. The maximum atomic E-state index is 12.1. The Labute approximate surface area is 138 Å². The number of hydrogen-bond donors (Lipinski definition) is 1. The van der Waals surface area contributed by atoms with Gasteiger partial charge < -0.3 is 19.7 Å². The summed E-state index contributed by atoms with van der Waals surface area (Å²) in [5, 5.41) is 3.28. The molecule has 0 bridgehead atoms. The normalized spacial score (nSPS) is 13.3. The van der Waals surface area contributed by atoms with Crippen LogP contribution in [0, 0.1) is 0 Å². The monoisotopic (exact) mass is 340 g/mol. The fraction of sp³-hybridized carbons (Fsp3) is 0.533. The molecule has 0 saturated heterocycles. The fourth-order valence-electron chi connectivity index (χ4n) is 2.51. The van der Waals surface area contributed by atoms with Crippen molar-refractivity contribution in [1.29, 1.82) is 0 Å². The summed E-state index contributed by atoms with van der Waals surface area (Å²) in [6.07, 6.45) is 1.23. The molecule has 0 aromatic carbocycles. The SMILES string of the molecule is CCCC(=O)Nc1sc2c(c1C(=O)OC)CCN(C(=O)OC)C2. The van der Waals surface area contributed by atoms with Crippen LogP contribution in [0.15, 0.2) is 0 Å². The molecule has 2 rings (SSSR count). The molecule has 126 valence electrons. The quantitative estimate of drug-likeness (QED) is 0.851. The number of carbonyl (C=O) groups is 3. The lowest BCUT2D eigenvalue weighted by molar-refractivity contribution is -0.116. The van der Waals surface area contributed by atoms with Crippen LogP contribution in [0.1, 0.15) is 40.6 Å². The molecule has 0 radical (unpaired) electrons. The molecule has 1 aromatic rings. The Balaban J connectivity index is 2.33. The zero-order valence-electron chi connectivity index (χ0n) is 13.4. The van der Waals surface area contributed by atoms with Gasteiger partial charge in [0.2, 0.25) is 5.91 Å². The van der Waals surface area contributed by atoms with Crippen LogP contribution in [0.5, 0.6) is 0 Å². The fourth-order valence-corrected chi connectivity index (χ4v) is 3.78. The molecule has 0 aliphatic carbocycles. The minimum Gasteiger partial charge on any atom is -0.465 e. The molecule has 1 N–H and O–H groups in total. The van der Waals surface area contributed by atoms with Gasteiger partial charge in [0.1, 0.15) is 5.00 Å². The van der Waals surface area contributed by atoms with Crippen molar-refractivity contribution < 1.29 is 23.9 Å². The van der Waals surface area contributed by atoms with Crippen molar-refractivity contribution in [2.24, 2.45) is 0 Å². The average molecular weight is 340 g/mol. The van der Waals surface area contributed by atoms with E-state index in [9.17, 15) is 14.4 Å². The first-order valence-corrected chi connectivity index (χ1v) is 8.19. The molecule has 0 atom stereocenters. The van der Waals surface area contributed by atoms with E-state index in [1.807, 2.05) is 6.92 Å². The van der Waals surface area contributed by atoms with E-state index in [-0.39, 0.29) is 5.91 Å². The predicted molar refractivity (Wildman–Crippen MR) is 85.7 cm³/mol. The number of esters is 1. The molecule has 23 heavy (non-hydrogen) atoms. The van der Waals surface area contributed by atoms with Crippen LogP contribution in [0.25, 0.3) is 0 Å². The number of fused-ring (bicyclic) bond motifs is 1. The highest BCUT2D eigenvalue weighted by Crippen LogP contribution is 2.37. The van der Waals surface area contributed by atoms with Crippen LogP contribution in [0.2, 0.25) is 0 Å². The van der Waals surface area contributed by atoms with Gasteiger partial charge in [0.05, 0.1) is 26.3 Å². The summed E-state index contributed by atoms with van der Waals surface area (Å²) in [6.45, 7) is 2.73. The minimum atomic E-state index is -0.471. The van der Waals surface area contributed by atoms with Crippen LogP contribution in [-0.4, -0.2) is 43.6 Å². The summed E-state index contributed by atoms with van der Waals surface area (Å²) in [7, 11) is 2.65. The molecular weight excluding hydrogens is 320 g/mol. The number of nitrogens with one attached hydrogen (secondary N) is 1. The van der Waals surface area contributed by atoms with Crippen molar-refractivity contribution in [1.82, 2.24) is 4.90 Å². The molecule has 8 heteroatoms. The lowest BCUT2D eigenvalue weighted by atomic mass is 10.0. The van der Waals surface area contributed by atoms with Gasteiger partial charge in [-0.1, -0.05) is 6.92 Å². The standard InChI is InChI=1S/C15H20N2O5S/c1-4-5-11(18)16-13-12(14(19)21-2)9-6-7-17(15(20)22-3)8-10(9)23-13/h4-8H2,1-3H3,(H,16,18). The lowest BCUT2D eigenvalue weighted by Gasteiger charge is -2.25. The number of ether oxygens (including phenoxy) is 2. The molecule has 0 fully saturated rings. The van der Waals surface area contributed by atoms with Crippen molar-refractivity contribution in [3.05, 3.63) is 16.0 Å². The topological polar surface area (TPSA) is 84.9 Å². The third-order valence-corrected chi connectivity index (χ3v) is 4.74. The van der Waals surface area contributed by atoms with E-state index < -0.39 is 12.1 Å². The summed E-state index contributed by atoms with van der Waals surface area (Å²) in [5.41, 5.74) is 1.25. The van der Waals surface area contributed by atoms with E-state index in [1.165, 1.54) is 25.6 Å². The van der Waals surface area contributed by atoms with Crippen molar-refractivity contribution in [3.63, 3.8) is 0 Å². The van der Waals surface area contributed by atoms with Crippen molar-refractivity contribution in [2.75, 3.05) is 26.1 Å². The molecule has 2 amide bonds. The first kappa shape index (κ1) is 17.3. The molecule has 1 aromatic heterocycles. The van der Waals surface area contributed by atoms with Gasteiger partial charge in [-0.2, -0.15) is 0 Å². The van der Waals surface area contributed by atoms with Gasteiger partial charge in [0.25, 0.3) is 0 Å². The second-order valence-corrected chi connectivity index (χ2v) is 6.24. The van der Waals surface area contributed by atoms with Gasteiger partial charge in [0, 0.05) is 17.8 Å². The Kier molecular flexibility index (Phi) is 5.59. The Morgan fingerprint density at radius 1 is 1.26 bits per heavy atom. The Morgan fingerprint density at radius 3 is 2.61 bits per heavy atom. The smallest absolute Gasteiger partial charge is 0.409 e. The van der Waals surface area contributed by atoms with Gasteiger partial charge in [0.15, 0.2) is 0 Å². The number of nitrogens with zero attached hydrogens (tertiary/aromatic N) is 1. The van der Waals surface area contributed by atoms with E-state index in [0.29, 0.717) is 36.5 Å². The van der Waals surface area contributed by atoms with Gasteiger partial charge >= 0.3 is 12.1 Å². The second kappa shape index (κ2) is 7.45. The van der Waals surface area contributed by atoms with Gasteiger partial charge in [-0.05, 0) is 18.4 Å². The highest BCUT2D eigenvalue weighted by Gasteiger charge is 2.30. The van der Waals surface area contributed by atoms with E-state index in [1.54, 1.807) is 4.90 Å². The van der Waals surface area contributed by atoms with E-state index in [4.69, 9.17) is 9.47 Å². The highest BCUT2D eigenvalue weighted by molar-refractivity contribution is 7.17.